The second-order valence-electron chi connectivity index (χ2n) is 8.54. The molecule has 0 aliphatic rings. The van der Waals surface area contributed by atoms with Crippen LogP contribution in [-0.2, 0) is 15.0 Å². The zero-order chi connectivity index (χ0) is 21.5. The normalized spacial score (nSPS) is 13.6. The summed E-state index contributed by atoms with van der Waals surface area (Å²) in [6, 6.07) is 6.01. The maximum absolute atomic E-state index is 12.6. The zero-order valence-electron chi connectivity index (χ0n) is 18.2. The topological polar surface area (TPSA) is 87.3 Å². The highest BCUT2D eigenvalue weighted by molar-refractivity contribution is 5.98. The Bertz CT molecular complexity index is 675. The molecule has 0 bridgehead atoms. The van der Waals surface area contributed by atoms with Crippen LogP contribution in [0.25, 0.3) is 0 Å². The SMILES string of the molecule is CCCNC(=O)[C@@H](C)NC(=O)[C@H](NC(=O)c1ccc(C(C)(C)C)cc1)C(C)C. The van der Waals surface area contributed by atoms with Crippen molar-refractivity contribution in [3.8, 4) is 0 Å². The molecule has 1 rings (SSSR count). The van der Waals surface area contributed by atoms with E-state index in [1.54, 1.807) is 19.1 Å². The summed E-state index contributed by atoms with van der Waals surface area (Å²) in [6.07, 6.45) is 0.824. The molecule has 0 heterocycles. The fourth-order valence-electron chi connectivity index (χ4n) is 2.65. The molecule has 0 radical (unpaired) electrons. The Kier molecular flexibility index (Phi) is 8.66. The Labute approximate surface area is 168 Å². The van der Waals surface area contributed by atoms with Crippen LogP contribution in [0.5, 0.6) is 0 Å². The summed E-state index contributed by atoms with van der Waals surface area (Å²) in [7, 11) is 0. The number of nitrogens with one attached hydrogen (secondary N) is 3. The van der Waals surface area contributed by atoms with Crippen LogP contribution in [0.15, 0.2) is 24.3 Å². The van der Waals surface area contributed by atoms with Crippen LogP contribution >= 0.6 is 0 Å². The van der Waals surface area contributed by atoms with Crippen molar-refractivity contribution in [2.24, 2.45) is 5.92 Å². The van der Waals surface area contributed by atoms with Crippen LogP contribution in [0.3, 0.4) is 0 Å². The Morgan fingerprint density at radius 1 is 0.929 bits per heavy atom. The van der Waals surface area contributed by atoms with Gasteiger partial charge in [-0.05, 0) is 42.4 Å². The predicted molar refractivity (Wildman–Crippen MR) is 112 cm³/mol. The van der Waals surface area contributed by atoms with E-state index in [9.17, 15) is 14.4 Å². The predicted octanol–water partition coefficient (Wildman–Crippen LogP) is 2.77. The van der Waals surface area contributed by atoms with Gasteiger partial charge in [-0.2, -0.15) is 0 Å². The number of benzene rings is 1. The second kappa shape index (κ2) is 10.2. The van der Waals surface area contributed by atoms with Crippen molar-refractivity contribution in [3.05, 3.63) is 35.4 Å². The van der Waals surface area contributed by atoms with Gasteiger partial charge in [-0.3, -0.25) is 14.4 Å². The fourth-order valence-corrected chi connectivity index (χ4v) is 2.65. The number of carbonyl (C=O) groups is 3. The Morgan fingerprint density at radius 3 is 1.96 bits per heavy atom. The summed E-state index contributed by atoms with van der Waals surface area (Å²) in [5.74, 6) is -1.03. The maximum Gasteiger partial charge on any atom is 0.251 e. The summed E-state index contributed by atoms with van der Waals surface area (Å²) in [6.45, 7) is 14.2. The number of hydrogen-bond acceptors (Lipinski definition) is 3. The van der Waals surface area contributed by atoms with Crippen molar-refractivity contribution >= 4 is 17.7 Å². The quantitative estimate of drug-likeness (QED) is 0.639. The molecule has 156 valence electrons. The van der Waals surface area contributed by atoms with Gasteiger partial charge < -0.3 is 16.0 Å². The van der Waals surface area contributed by atoms with Gasteiger partial charge in [-0.1, -0.05) is 53.7 Å². The number of carbonyl (C=O) groups excluding carboxylic acids is 3. The molecule has 0 aliphatic carbocycles. The minimum Gasteiger partial charge on any atom is -0.354 e. The van der Waals surface area contributed by atoms with Gasteiger partial charge in [0.2, 0.25) is 11.8 Å². The number of amides is 3. The summed E-state index contributed by atoms with van der Waals surface area (Å²) in [5.41, 5.74) is 1.64. The zero-order valence-corrected chi connectivity index (χ0v) is 18.2. The van der Waals surface area contributed by atoms with E-state index in [1.165, 1.54) is 0 Å². The second-order valence-corrected chi connectivity index (χ2v) is 8.54. The third-order valence-corrected chi connectivity index (χ3v) is 4.55. The van der Waals surface area contributed by atoms with Gasteiger partial charge in [0.05, 0.1) is 0 Å². The van der Waals surface area contributed by atoms with Crippen molar-refractivity contribution in [1.82, 2.24) is 16.0 Å². The summed E-state index contributed by atoms with van der Waals surface area (Å²) < 4.78 is 0. The molecule has 0 unspecified atom stereocenters. The van der Waals surface area contributed by atoms with Crippen LogP contribution in [0.1, 0.15) is 70.8 Å². The first-order valence-electron chi connectivity index (χ1n) is 9.96. The lowest BCUT2D eigenvalue weighted by molar-refractivity contribution is -0.130. The van der Waals surface area contributed by atoms with Crippen LogP contribution in [-0.4, -0.2) is 36.3 Å². The van der Waals surface area contributed by atoms with Crippen LogP contribution in [0.2, 0.25) is 0 Å². The molecule has 2 atom stereocenters. The molecule has 0 saturated carbocycles. The smallest absolute Gasteiger partial charge is 0.251 e. The molecule has 3 N–H and O–H groups in total. The minimum absolute atomic E-state index is 0.00382. The van der Waals surface area contributed by atoms with Gasteiger partial charge in [0.15, 0.2) is 0 Å². The molecule has 6 nitrogen and oxygen atoms in total. The highest BCUT2D eigenvalue weighted by Gasteiger charge is 2.27. The molecule has 0 aliphatic heterocycles. The van der Waals surface area contributed by atoms with Crippen LogP contribution < -0.4 is 16.0 Å². The van der Waals surface area contributed by atoms with E-state index >= 15 is 0 Å². The molecule has 0 spiro atoms. The molecule has 3 amide bonds. The average molecular weight is 390 g/mol. The van der Waals surface area contributed by atoms with Gasteiger partial charge in [-0.25, -0.2) is 0 Å². The van der Waals surface area contributed by atoms with Gasteiger partial charge in [0, 0.05) is 12.1 Å². The molecular formula is C22H35N3O3. The Balaban J connectivity index is 2.79. The Hall–Kier alpha value is -2.37. The van der Waals surface area contributed by atoms with Gasteiger partial charge in [-0.15, -0.1) is 0 Å². The molecule has 1 aromatic carbocycles. The van der Waals surface area contributed by atoms with E-state index in [0.717, 1.165) is 12.0 Å². The first-order chi connectivity index (χ1) is 13.0. The lowest BCUT2D eigenvalue weighted by Gasteiger charge is -2.24. The first kappa shape index (κ1) is 23.7. The largest absolute Gasteiger partial charge is 0.354 e. The van der Waals surface area contributed by atoms with E-state index in [1.807, 2.05) is 32.9 Å². The van der Waals surface area contributed by atoms with Crippen molar-refractivity contribution < 1.29 is 14.4 Å². The minimum atomic E-state index is -0.726. The van der Waals surface area contributed by atoms with Gasteiger partial charge in [0.25, 0.3) is 5.91 Å². The summed E-state index contributed by atoms with van der Waals surface area (Å²) >= 11 is 0. The lowest BCUT2D eigenvalue weighted by atomic mass is 9.86. The van der Waals surface area contributed by atoms with Crippen molar-refractivity contribution in [2.75, 3.05) is 6.54 Å². The van der Waals surface area contributed by atoms with Crippen LogP contribution in [0.4, 0.5) is 0 Å². The lowest BCUT2D eigenvalue weighted by Crippen LogP contribution is -2.54. The standard InChI is InChI=1S/C22H35N3O3/c1-8-13-23-19(26)15(4)24-21(28)18(14(2)3)25-20(27)16-9-11-17(12-10-16)22(5,6)7/h9-12,14-15,18H,8,13H2,1-7H3,(H,23,26)(H,24,28)(H,25,27)/t15-,18-/m1/s1. The average Bonchev–Trinajstić information content (AvgIpc) is 2.62. The van der Waals surface area contributed by atoms with E-state index in [0.29, 0.717) is 12.1 Å². The fraction of sp³-hybridized carbons (Fsp3) is 0.591. The van der Waals surface area contributed by atoms with Crippen LogP contribution in [0, 0.1) is 5.92 Å². The van der Waals surface area contributed by atoms with Gasteiger partial charge in [0.1, 0.15) is 12.1 Å². The highest BCUT2D eigenvalue weighted by atomic mass is 16.2. The van der Waals surface area contributed by atoms with E-state index < -0.39 is 12.1 Å². The molecule has 1 aromatic rings. The molecule has 0 aromatic heterocycles. The van der Waals surface area contributed by atoms with Crippen molar-refractivity contribution in [1.29, 1.82) is 0 Å². The first-order valence-corrected chi connectivity index (χ1v) is 9.96. The molecule has 0 saturated heterocycles. The third-order valence-electron chi connectivity index (χ3n) is 4.55. The van der Waals surface area contributed by atoms with E-state index in [2.05, 4.69) is 36.7 Å². The molecular weight excluding hydrogens is 354 g/mol. The molecule has 0 fully saturated rings. The Morgan fingerprint density at radius 2 is 1.50 bits per heavy atom. The number of rotatable bonds is 8. The van der Waals surface area contributed by atoms with E-state index in [4.69, 9.17) is 0 Å². The van der Waals surface area contributed by atoms with Gasteiger partial charge >= 0.3 is 0 Å². The highest BCUT2D eigenvalue weighted by Crippen LogP contribution is 2.22. The third kappa shape index (κ3) is 6.98. The maximum atomic E-state index is 12.6. The molecule has 6 heteroatoms. The molecule has 28 heavy (non-hydrogen) atoms. The van der Waals surface area contributed by atoms with Crippen molar-refractivity contribution in [2.45, 2.75) is 72.4 Å². The summed E-state index contributed by atoms with van der Waals surface area (Å²) in [5, 5.41) is 8.23. The summed E-state index contributed by atoms with van der Waals surface area (Å²) in [4.78, 5) is 37.2. The van der Waals surface area contributed by atoms with Crippen molar-refractivity contribution in [3.63, 3.8) is 0 Å². The van der Waals surface area contributed by atoms with E-state index in [-0.39, 0.29) is 29.1 Å². The monoisotopic (exact) mass is 389 g/mol. The number of hydrogen-bond donors (Lipinski definition) is 3.